The summed E-state index contributed by atoms with van der Waals surface area (Å²) in [5, 5.41) is 3.43. The summed E-state index contributed by atoms with van der Waals surface area (Å²) in [5.41, 5.74) is 0.392. The highest BCUT2D eigenvalue weighted by Crippen LogP contribution is 2.49. The van der Waals surface area contributed by atoms with Gasteiger partial charge in [0.05, 0.1) is 23.0 Å². The number of alkyl halides is 3. The van der Waals surface area contributed by atoms with E-state index in [-0.39, 0.29) is 5.69 Å². The number of imide groups is 1. The Kier molecular flexibility index (Phi) is 5.08. The van der Waals surface area contributed by atoms with Gasteiger partial charge in [-0.25, -0.2) is 9.96 Å². The normalized spacial score (nSPS) is 21.9. The number of fused-ring (bicyclic) bond motifs is 2. The molecule has 6 rings (SSSR count). The van der Waals surface area contributed by atoms with Gasteiger partial charge in [-0.15, -0.1) is 0 Å². The number of para-hydroxylation sites is 1. The van der Waals surface area contributed by atoms with Gasteiger partial charge in [-0.1, -0.05) is 66.7 Å². The molecule has 180 valence electrons. The first kappa shape index (κ1) is 22.3. The molecule has 4 aromatic rings. The fraction of sp³-hybridized carbons (Fsp3) is 0.143. The Morgan fingerprint density at radius 2 is 1.39 bits per heavy atom. The molecule has 0 spiro atoms. The molecule has 3 atom stereocenters. The topological polar surface area (TPSA) is 49.9 Å². The SMILES string of the molecule is O=C1[C@H]2[C@@H](c3cccc4ccccc34)N(c3ccccc3)O[C@H]2C(=O)N1c1cccc(C(F)(F)F)c1. The van der Waals surface area contributed by atoms with Crippen LogP contribution in [0.1, 0.15) is 17.2 Å². The lowest BCUT2D eigenvalue weighted by atomic mass is 9.87. The molecule has 2 saturated heterocycles. The van der Waals surface area contributed by atoms with Crippen LogP contribution in [0.5, 0.6) is 0 Å². The molecule has 0 bridgehead atoms. The Bertz CT molecular complexity index is 1480. The summed E-state index contributed by atoms with van der Waals surface area (Å²) in [6.45, 7) is 0. The van der Waals surface area contributed by atoms with Crippen LogP contribution in [0.3, 0.4) is 0 Å². The summed E-state index contributed by atoms with van der Waals surface area (Å²) in [6, 6.07) is 26.1. The van der Waals surface area contributed by atoms with E-state index in [1.54, 1.807) is 5.06 Å². The smallest absolute Gasteiger partial charge is 0.273 e. The van der Waals surface area contributed by atoms with Gasteiger partial charge in [-0.3, -0.25) is 14.4 Å². The average molecular weight is 488 g/mol. The zero-order valence-corrected chi connectivity index (χ0v) is 18.7. The van der Waals surface area contributed by atoms with Gasteiger partial charge in [0.2, 0.25) is 5.91 Å². The molecule has 0 saturated carbocycles. The third-order valence-corrected chi connectivity index (χ3v) is 6.70. The van der Waals surface area contributed by atoms with E-state index in [4.69, 9.17) is 4.84 Å². The van der Waals surface area contributed by atoms with Crippen molar-refractivity contribution < 1.29 is 27.6 Å². The lowest BCUT2D eigenvalue weighted by Gasteiger charge is -2.29. The fourth-order valence-electron chi connectivity index (χ4n) is 5.11. The largest absolute Gasteiger partial charge is 0.416 e. The molecule has 2 aliphatic rings. The number of amides is 2. The molecule has 0 N–H and O–H groups in total. The highest BCUT2D eigenvalue weighted by atomic mass is 19.4. The lowest BCUT2D eigenvalue weighted by Crippen LogP contribution is -2.37. The lowest BCUT2D eigenvalue weighted by molar-refractivity contribution is -0.137. The second-order valence-corrected chi connectivity index (χ2v) is 8.79. The molecule has 2 fully saturated rings. The second-order valence-electron chi connectivity index (χ2n) is 8.79. The van der Waals surface area contributed by atoms with Crippen molar-refractivity contribution >= 4 is 34.0 Å². The quantitative estimate of drug-likeness (QED) is 0.337. The van der Waals surface area contributed by atoms with Crippen LogP contribution in [0.15, 0.2) is 97.1 Å². The van der Waals surface area contributed by atoms with E-state index >= 15 is 0 Å². The number of halogens is 3. The Balaban J connectivity index is 1.48. The van der Waals surface area contributed by atoms with Gasteiger partial charge >= 0.3 is 6.18 Å². The second kappa shape index (κ2) is 8.20. The maximum absolute atomic E-state index is 13.8. The third-order valence-electron chi connectivity index (χ3n) is 6.70. The molecule has 0 aliphatic carbocycles. The minimum absolute atomic E-state index is 0.124. The number of carbonyl (C=O) groups excluding carboxylic acids is 2. The van der Waals surface area contributed by atoms with Crippen molar-refractivity contribution in [3.8, 4) is 0 Å². The molecule has 8 heteroatoms. The number of carbonyl (C=O) groups is 2. The van der Waals surface area contributed by atoms with E-state index in [1.165, 1.54) is 12.1 Å². The number of rotatable bonds is 3. The number of hydrogen-bond donors (Lipinski definition) is 0. The summed E-state index contributed by atoms with van der Waals surface area (Å²) in [7, 11) is 0. The average Bonchev–Trinajstić information content (AvgIpc) is 3.39. The fourth-order valence-corrected chi connectivity index (χ4v) is 5.11. The number of nitrogens with zero attached hydrogens (tertiary/aromatic N) is 2. The van der Waals surface area contributed by atoms with Crippen molar-refractivity contribution in [1.82, 2.24) is 0 Å². The minimum atomic E-state index is -4.61. The van der Waals surface area contributed by atoms with E-state index in [2.05, 4.69) is 0 Å². The van der Waals surface area contributed by atoms with Crippen molar-refractivity contribution in [2.45, 2.75) is 18.3 Å². The van der Waals surface area contributed by atoms with Crippen LogP contribution < -0.4 is 9.96 Å². The van der Waals surface area contributed by atoms with Gasteiger partial charge in [0.25, 0.3) is 5.91 Å². The predicted octanol–water partition coefficient (Wildman–Crippen LogP) is 5.91. The third kappa shape index (κ3) is 3.45. The number of anilines is 2. The van der Waals surface area contributed by atoms with Gasteiger partial charge in [0, 0.05) is 0 Å². The van der Waals surface area contributed by atoms with Crippen LogP contribution in [0.4, 0.5) is 24.5 Å². The van der Waals surface area contributed by atoms with Crippen LogP contribution in [-0.4, -0.2) is 17.9 Å². The van der Waals surface area contributed by atoms with Crippen molar-refractivity contribution in [3.05, 3.63) is 108 Å². The number of hydroxylamine groups is 1. The molecule has 2 heterocycles. The van der Waals surface area contributed by atoms with Gasteiger partial charge in [0.15, 0.2) is 6.10 Å². The molecule has 0 radical (unpaired) electrons. The number of benzene rings is 4. The van der Waals surface area contributed by atoms with Gasteiger partial charge < -0.3 is 0 Å². The Labute approximate surface area is 204 Å². The van der Waals surface area contributed by atoms with E-state index in [9.17, 15) is 22.8 Å². The van der Waals surface area contributed by atoms with Crippen molar-refractivity contribution in [2.75, 3.05) is 9.96 Å². The Morgan fingerprint density at radius 3 is 2.17 bits per heavy atom. The van der Waals surface area contributed by atoms with Gasteiger partial charge in [-0.2, -0.15) is 13.2 Å². The molecular weight excluding hydrogens is 469 g/mol. The van der Waals surface area contributed by atoms with Crippen molar-refractivity contribution in [2.24, 2.45) is 5.92 Å². The standard InChI is InChI=1S/C28H19F3N2O3/c29-28(30,31)18-10-7-13-20(16-18)32-26(34)23-24(22-15-6-9-17-8-4-5-14-21(17)22)33(36-25(23)27(32)35)19-11-2-1-3-12-19/h1-16,23-25H/t23-,24+,25+/m0/s1. The van der Waals surface area contributed by atoms with Crippen LogP contribution in [0.2, 0.25) is 0 Å². The highest BCUT2D eigenvalue weighted by molar-refractivity contribution is 6.24. The minimum Gasteiger partial charge on any atom is -0.273 e. The first-order valence-electron chi connectivity index (χ1n) is 11.4. The molecule has 0 unspecified atom stereocenters. The highest BCUT2D eigenvalue weighted by Gasteiger charge is 2.60. The molecule has 4 aromatic carbocycles. The summed E-state index contributed by atoms with van der Waals surface area (Å²) in [6.07, 6.45) is -5.78. The van der Waals surface area contributed by atoms with E-state index in [1.807, 2.05) is 72.8 Å². The van der Waals surface area contributed by atoms with Crippen molar-refractivity contribution in [3.63, 3.8) is 0 Å². The zero-order chi connectivity index (χ0) is 25.0. The molecule has 36 heavy (non-hydrogen) atoms. The van der Waals surface area contributed by atoms with Gasteiger partial charge in [-0.05, 0) is 46.7 Å². The zero-order valence-electron chi connectivity index (χ0n) is 18.7. The molecule has 0 aromatic heterocycles. The summed E-state index contributed by atoms with van der Waals surface area (Å²) < 4.78 is 40.0. The summed E-state index contributed by atoms with van der Waals surface area (Å²) in [4.78, 5) is 34.2. The maximum Gasteiger partial charge on any atom is 0.416 e. The first-order valence-corrected chi connectivity index (χ1v) is 11.4. The number of hydrogen-bond acceptors (Lipinski definition) is 4. The monoisotopic (exact) mass is 488 g/mol. The van der Waals surface area contributed by atoms with Crippen LogP contribution in [0, 0.1) is 5.92 Å². The van der Waals surface area contributed by atoms with Crippen LogP contribution in [-0.2, 0) is 20.6 Å². The molecule has 2 amide bonds. The van der Waals surface area contributed by atoms with Crippen LogP contribution >= 0.6 is 0 Å². The molecular formula is C28H19F3N2O3. The van der Waals surface area contributed by atoms with E-state index in [0.717, 1.165) is 33.4 Å². The Morgan fingerprint density at radius 1 is 0.722 bits per heavy atom. The molecule has 2 aliphatic heterocycles. The van der Waals surface area contributed by atoms with Crippen LogP contribution in [0.25, 0.3) is 10.8 Å². The maximum atomic E-state index is 13.8. The summed E-state index contributed by atoms with van der Waals surface area (Å²) >= 11 is 0. The van der Waals surface area contributed by atoms with E-state index in [0.29, 0.717) is 5.69 Å². The van der Waals surface area contributed by atoms with E-state index < -0.39 is 41.6 Å². The molecule has 5 nitrogen and oxygen atoms in total. The predicted molar refractivity (Wildman–Crippen MR) is 128 cm³/mol. The van der Waals surface area contributed by atoms with Gasteiger partial charge in [0.1, 0.15) is 5.92 Å². The Hall–Kier alpha value is -4.17. The van der Waals surface area contributed by atoms with Crippen molar-refractivity contribution in [1.29, 1.82) is 0 Å². The summed E-state index contributed by atoms with van der Waals surface area (Å²) in [5.74, 6) is -2.23. The first-order chi connectivity index (χ1) is 17.3.